The summed E-state index contributed by atoms with van der Waals surface area (Å²) in [5.41, 5.74) is 0.801. The molecule has 2 aromatic rings. The first-order valence-electron chi connectivity index (χ1n) is 7.79. The lowest BCUT2D eigenvalue weighted by atomic mass is 9.87. The summed E-state index contributed by atoms with van der Waals surface area (Å²) in [6.07, 6.45) is 4.44. The highest BCUT2D eigenvalue weighted by Gasteiger charge is 2.22. The molecule has 4 heteroatoms. The van der Waals surface area contributed by atoms with Crippen molar-refractivity contribution in [3.63, 3.8) is 0 Å². The van der Waals surface area contributed by atoms with Crippen LogP contribution in [0.25, 0.3) is 11.3 Å². The molecule has 3 nitrogen and oxygen atoms in total. The van der Waals surface area contributed by atoms with Crippen LogP contribution in [0.4, 0.5) is 0 Å². The molecule has 116 valence electrons. The van der Waals surface area contributed by atoms with Gasteiger partial charge in [0.15, 0.2) is 5.76 Å². The molecule has 0 radical (unpaired) electrons. The van der Waals surface area contributed by atoms with E-state index in [2.05, 4.69) is 12.2 Å². The van der Waals surface area contributed by atoms with Gasteiger partial charge in [-0.15, -0.1) is 0 Å². The molecule has 3 rings (SSSR count). The van der Waals surface area contributed by atoms with Crippen LogP contribution in [0.3, 0.4) is 0 Å². The molecule has 0 saturated heterocycles. The minimum Gasteiger partial charge on any atom is -0.451 e. The average Bonchev–Trinajstić information content (AvgIpc) is 3.00. The second-order valence-electron chi connectivity index (χ2n) is 6.07. The van der Waals surface area contributed by atoms with Crippen LogP contribution < -0.4 is 5.32 Å². The number of rotatable bonds is 3. The number of furan rings is 1. The van der Waals surface area contributed by atoms with E-state index in [0.29, 0.717) is 16.5 Å². The maximum Gasteiger partial charge on any atom is 0.287 e. The number of hydrogen-bond donors (Lipinski definition) is 1. The molecular weight excluding hydrogens is 298 g/mol. The Morgan fingerprint density at radius 2 is 1.86 bits per heavy atom. The Morgan fingerprint density at radius 1 is 1.14 bits per heavy atom. The fraction of sp³-hybridized carbons (Fsp3) is 0.389. The van der Waals surface area contributed by atoms with Crippen LogP contribution in [0, 0.1) is 5.92 Å². The molecule has 1 N–H and O–H groups in total. The quantitative estimate of drug-likeness (QED) is 0.874. The summed E-state index contributed by atoms with van der Waals surface area (Å²) in [5.74, 6) is 1.59. The summed E-state index contributed by atoms with van der Waals surface area (Å²) in [5, 5.41) is 3.69. The van der Waals surface area contributed by atoms with Crippen molar-refractivity contribution in [1.29, 1.82) is 0 Å². The summed E-state index contributed by atoms with van der Waals surface area (Å²) in [4.78, 5) is 12.3. The summed E-state index contributed by atoms with van der Waals surface area (Å²) < 4.78 is 5.68. The van der Waals surface area contributed by atoms with Gasteiger partial charge in [0.25, 0.3) is 5.91 Å². The van der Waals surface area contributed by atoms with Crippen molar-refractivity contribution in [1.82, 2.24) is 5.32 Å². The standard InChI is InChI=1S/C18H20ClNO2/c1-12-6-8-13(9-7-12)20-18(21)17-11-10-16(22-17)14-4-2-3-5-15(14)19/h2-5,10-13H,6-9H2,1H3,(H,20,21). The third kappa shape index (κ3) is 3.36. The van der Waals surface area contributed by atoms with Crippen molar-refractivity contribution in [2.45, 2.75) is 38.6 Å². The Morgan fingerprint density at radius 3 is 2.59 bits per heavy atom. The summed E-state index contributed by atoms with van der Waals surface area (Å²) >= 11 is 6.16. The fourth-order valence-corrected chi connectivity index (χ4v) is 3.16. The predicted molar refractivity (Wildman–Crippen MR) is 88.0 cm³/mol. The smallest absolute Gasteiger partial charge is 0.287 e. The lowest BCUT2D eigenvalue weighted by Crippen LogP contribution is -2.37. The molecule has 1 aromatic heterocycles. The van der Waals surface area contributed by atoms with Crippen molar-refractivity contribution in [3.05, 3.63) is 47.2 Å². The molecule has 0 spiro atoms. The molecule has 0 bridgehead atoms. The number of hydrogen-bond acceptors (Lipinski definition) is 2. The normalized spacial score (nSPS) is 21.5. The summed E-state index contributed by atoms with van der Waals surface area (Å²) in [7, 11) is 0. The zero-order chi connectivity index (χ0) is 15.5. The number of benzene rings is 1. The van der Waals surface area contributed by atoms with Gasteiger partial charge in [0.1, 0.15) is 5.76 Å². The Labute approximate surface area is 135 Å². The zero-order valence-electron chi connectivity index (χ0n) is 12.6. The minimum atomic E-state index is -0.141. The number of halogens is 1. The van der Waals surface area contributed by atoms with Crippen molar-refractivity contribution in [3.8, 4) is 11.3 Å². The Bertz CT molecular complexity index is 657. The molecule has 1 heterocycles. The summed E-state index contributed by atoms with van der Waals surface area (Å²) in [6.45, 7) is 2.26. The van der Waals surface area contributed by atoms with E-state index in [0.717, 1.165) is 24.3 Å². The molecule has 22 heavy (non-hydrogen) atoms. The van der Waals surface area contributed by atoms with Crippen molar-refractivity contribution < 1.29 is 9.21 Å². The number of carbonyl (C=O) groups excluding carboxylic acids is 1. The largest absolute Gasteiger partial charge is 0.451 e. The van der Waals surface area contributed by atoms with E-state index in [1.54, 1.807) is 12.1 Å². The van der Waals surface area contributed by atoms with E-state index in [1.165, 1.54) is 12.8 Å². The third-order valence-corrected chi connectivity index (χ3v) is 4.65. The average molecular weight is 318 g/mol. The maximum absolute atomic E-state index is 12.3. The molecule has 0 atom stereocenters. The number of amides is 1. The first kappa shape index (κ1) is 15.2. The van der Waals surface area contributed by atoms with Gasteiger partial charge in [-0.2, -0.15) is 0 Å². The van der Waals surface area contributed by atoms with Crippen LogP contribution in [-0.4, -0.2) is 11.9 Å². The Balaban J connectivity index is 1.68. The van der Waals surface area contributed by atoms with Crippen LogP contribution in [-0.2, 0) is 0 Å². The van der Waals surface area contributed by atoms with Crippen LogP contribution >= 0.6 is 11.6 Å². The van der Waals surface area contributed by atoms with E-state index < -0.39 is 0 Å². The van der Waals surface area contributed by atoms with Crippen LogP contribution in [0.15, 0.2) is 40.8 Å². The van der Waals surface area contributed by atoms with Gasteiger partial charge in [-0.05, 0) is 55.9 Å². The fourth-order valence-electron chi connectivity index (χ4n) is 2.93. The SMILES string of the molecule is CC1CCC(NC(=O)c2ccc(-c3ccccc3Cl)o2)CC1. The van der Waals surface area contributed by atoms with E-state index in [-0.39, 0.29) is 11.9 Å². The minimum absolute atomic E-state index is 0.141. The molecule has 1 aliphatic rings. The highest BCUT2D eigenvalue weighted by molar-refractivity contribution is 6.33. The van der Waals surface area contributed by atoms with E-state index in [4.69, 9.17) is 16.0 Å². The molecule has 1 amide bonds. The topological polar surface area (TPSA) is 42.2 Å². The lowest BCUT2D eigenvalue weighted by Gasteiger charge is -2.26. The first-order valence-corrected chi connectivity index (χ1v) is 8.17. The van der Waals surface area contributed by atoms with Gasteiger partial charge in [-0.3, -0.25) is 4.79 Å². The van der Waals surface area contributed by atoms with E-state index in [9.17, 15) is 4.79 Å². The highest BCUT2D eigenvalue weighted by Crippen LogP contribution is 2.29. The molecule has 1 aromatic carbocycles. The number of nitrogens with one attached hydrogen (secondary N) is 1. The molecule has 1 fully saturated rings. The van der Waals surface area contributed by atoms with Gasteiger partial charge in [0.2, 0.25) is 0 Å². The molecule has 1 aliphatic carbocycles. The highest BCUT2D eigenvalue weighted by atomic mass is 35.5. The zero-order valence-corrected chi connectivity index (χ0v) is 13.4. The van der Waals surface area contributed by atoms with Gasteiger partial charge in [0, 0.05) is 11.6 Å². The Hall–Kier alpha value is -1.74. The molecule has 1 saturated carbocycles. The van der Waals surface area contributed by atoms with Gasteiger partial charge < -0.3 is 9.73 Å². The maximum atomic E-state index is 12.3. The monoisotopic (exact) mass is 317 g/mol. The van der Waals surface area contributed by atoms with Gasteiger partial charge >= 0.3 is 0 Å². The third-order valence-electron chi connectivity index (χ3n) is 4.32. The van der Waals surface area contributed by atoms with Gasteiger partial charge in [-0.1, -0.05) is 30.7 Å². The van der Waals surface area contributed by atoms with Crippen molar-refractivity contribution in [2.24, 2.45) is 5.92 Å². The van der Waals surface area contributed by atoms with Crippen molar-refractivity contribution >= 4 is 17.5 Å². The van der Waals surface area contributed by atoms with Gasteiger partial charge in [0.05, 0.1) is 5.02 Å². The first-order chi connectivity index (χ1) is 10.6. The van der Waals surface area contributed by atoms with Gasteiger partial charge in [-0.25, -0.2) is 0 Å². The molecular formula is C18H20ClNO2. The van der Waals surface area contributed by atoms with Crippen molar-refractivity contribution in [2.75, 3.05) is 0 Å². The number of carbonyl (C=O) groups is 1. The van der Waals surface area contributed by atoms with E-state index in [1.807, 2.05) is 24.3 Å². The molecule has 0 aliphatic heterocycles. The summed E-state index contributed by atoms with van der Waals surface area (Å²) in [6, 6.07) is 11.2. The molecule has 0 unspecified atom stereocenters. The van der Waals surface area contributed by atoms with Crippen LogP contribution in [0.5, 0.6) is 0 Å². The second-order valence-corrected chi connectivity index (χ2v) is 6.48. The predicted octanol–water partition coefficient (Wildman–Crippen LogP) is 4.91. The van der Waals surface area contributed by atoms with Crippen LogP contribution in [0.2, 0.25) is 5.02 Å². The Kier molecular flexibility index (Phi) is 4.53. The van der Waals surface area contributed by atoms with Crippen LogP contribution in [0.1, 0.15) is 43.2 Å². The van der Waals surface area contributed by atoms with E-state index >= 15 is 0 Å². The lowest BCUT2D eigenvalue weighted by molar-refractivity contribution is 0.0895. The second kappa shape index (κ2) is 6.57.